The molecule has 1 N–H and O–H groups in total. The Morgan fingerprint density at radius 1 is 1.50 bits per heavy atom. The Labute approximate surface area is 61.9 Å². The van der Waals surface area contributed by atoms with Crippen LogP contribution in [-0.4, -0.2) is 25.8 Å². The van der Waals surface area contributed by atoms with Crippen LogP contribution >= 0.6 is 0 Å². The summed E-state index contributed by atoms with van der Waals surface area (Å²) in [5.41, 5.74) is 0.680. The molecule has 1 spiro atoms. The van der Waals surface area contributed by atoms with Crippen molar-refractivity contribution >= 4 is 0 Å². The third kappa shape index (κ3) is 0.867. The van der Waals surface area contributed by atoms with E-state index in [9.17, 15) is 0 Å². The van der Waals surface area contributed by atoms with Crippen LogP contribution in [0.15, 0.2) is 0 Å². The van der Waals surface area contributed by atoms with Gasteiger partial charge in [0.05, 0.1) is 6.10 Å². The molecule has 0 unspecified atom stereocenters. The van der Waals surface area contributed by atoms with Gasteiger partial charge in [0.2, 0.25) is 0 Å². The molecule has 2 nitrogen and oxygen atoms in total. The molecular formula is C8H15NO. The number of nitrogens with one attached hydrogen (secondary N) is 1. The Morgan fingerprint density at radius 2 is 2.20 bits per heavy atom. The van der Waals surface area contributed by atoms with Crippen LogP contribution in [0.3, 0.4) is 0 Å². The van der Waals surface area contributed by atoms with Gasteiger partial charge in [-0.3, -0.25) is 0 Å². The summed E-state index contributed by atoms with van der Waals surface area (Å²) in [5.74, 6) is 0. The Kier molecular flexibility index (Phi) is 1.46. The zero-order valence-corrected chi connectivity index (χ0v) is 6.52. The first-order chi connectivity index (χ1) is 4.85. The van der Waals surface area contributed by atoms with Crippen molar-refractivity contribution in [1.82, 2.24) is 5.32 Å². The maximum Gasteiger partial charge on any atom is 0.0587 e. The van der Waals surface area contributed by atoms with Gasteiger partial charge in [-0.05, 0) is 19.8 Å². The number of ether oxygens (including phenoxy) is 1. The SMILES string of the molecule is CCOC1CC2(CNC2)C1. The summed E-state index contributed by atoms with van der Waals surface area (Å²) in [6.07, 6.45) is 3.19. The molecule has 1 saturated heterocycles. The van der Waals surface area contributed by atoms with Gasteiger partial charge in [0.15, 0.2) is 0 Å². The van der Waals surface area contributed by atoms with Crippen molar-refractivity contribution < 1.29 is 4.74 Å². The number of hydrogen-bond acceptors (Lipinski definition) is 2. The van der Waals surface area contributed by atoms with E-state index >= 15 is 0 Å². The van der Waals surface area contributed by atoms with Gasteiger partial charge in [-0.2, -0.15) is 0 Å². The third-order valence-corrected chi connectivity index (χ3v) is 2.72. The fourth-order valence-electron chi connectivity index (χ4n) is 2.03. The smallest absolute Gasteiger partial charge is 0.0587 e. The van der Waals surface area contributed by atoms with Gasteiger partial charge in [-0.15, -0.1) is 0 Å². The molecule has 0 radical (unpaired) electrons. The lowest BCUT2D eigenvalue weighted by atomic mass is 9.63. The summed E-state index contributed by atoms with van der Waals surface area (Å²) in [6, 6.07) is 0. The first-order valence-corrected chi connectivity index (χ1v) is 4.17. The monoisotopic (exact) mass is 141 g/mol. The summed E-state index contributed by atoms with van der Waals surface area (Å²) in [6.45, 7) is 5.42. The van der Waals surface area contributed by atoms with Crippen LogP contribution in [0.1, 0.15) is 19.8 Å². The van der Waals surface area contributed by atoms with Crippen molar-refractivity contribution in [3.05, 3.63) is 0 Å². The van der Waals surface area contributed by atoms with Crippen LogP contribution in [-0.2, 0) is 4.74 Å². The Bertz CT molecular complexity index is 123. The highest BCUT2D eigenvalue weighted by molar-refractivity contribution is 5.03. The average molecular weight is 141 g/mol. The van der Waals surface area contributed by atoms with Gasteiger partial charge in [-0.25, -0.2) is 0 Å². The van der Waals surface area contributed by atoms with Gasteiger partial charge in [0.25, 0.3) is 0 Å². The van der Waals surface area contributed by atoms with Crippen LogP contribution in [0.4, 0.5) is 0 Å². The quantitative estimate of drug-likeness (QED) is 0.613. The van der Waals surface area contributed by atoms with Crippen molar-refractivity contribution in [2.75, 3.05) is 19.7 Å². The van der Waals surface area contributed by atoms with Crippen molar-refractivity contribution in [2.45, 2.75) is 25.9 Å². The van der Waals surface area contributed by atoms with E-state index in [1.54, 1.807) is 0 Å². The van der Waals surface area contributed by atoms with Crippen LogP contribution in [0.5, 0.6) is 0 Å². The molecule has 0 aromatic rings. The Balaban J connectivity index is 1.72. The van der Waals surface area contributed by atoms with E-state index in [1.807, 2.05) is 0 Å². The van der Waals surface area contributed by atoms with Crippen molar-refractivity contribution in [1.29, 1.82) is 0 Å². The highest BCUT2D eigenvalue weighted by Gasteiger charge is 2.48. The fourth-order valence-corrected chi connectivity index (χ4v) is 2.03. The molecule has 0 atom stereocenters. The molecule has 1 aliphatic carbocycles. The molecule has 0 bridgehead atoms. The van der Waals surface area contributed by atoms with E-state index in [-0.39, 0.29) is 0 Å². The first kappa shape index (κ1) is 6.62. The summed E-state index contributed by atoms with van der Waals surface area (Å²) >= 11 is 0. The molecule has 58 valence electrons. The highest BCUT2D eigenvalue weighted by atomic mass is 16.5. The average Bonchev–Trinajstić information content (AvgIpc) is 1.72. The minimum absolute atomic E-state index is 0.590. The molecule has 2 fully saturated rings. The topological polar surface area (TPSA) is 21.3 Å². The summed E-state index contributed by atoms with van der Waals surface area (Å²) in [5, 5.41) is 3.31. The predicted molar refractivity (Wildman–Crippen MR) is 40.0 cm³/mol. The van der Waals surface area contributed by atoms with Gasteiger partial charge in [0.1, 0.15) is 0 Å². The van der Waals surface area contributed by atoms with Gasteiger partial charge >= 0.3 is 0 Å². The Morgan fingerprint density at radius 3 is 2.60 bits per heavy atom. The molecule has 0 amide bonds. The molecule has 2 heteroatoms. The summed E-state index contributed by atoms with van der Waals surface area (Å²) < 4.78 is 5.48. The first-order valence-electron chi connectivity index (χ1n) is 4.17. The lowest BCUT2D eigenvalue weighted by molar-refractivity contribution is -0.0995. The maximum absolute atomic E-state index is 5.48. The Hall–Kier alpha value is -0.0800. The molecule has 0 aromatic heterocycles. The molecule has 1 saturated carbocycles. The second kappa shape index (κ2) is 2.21. The lowest BCUT2D eigenvalue weighted by Crippen LogP contribution is -2.62. The van der Waals surface area contributed by atoms with E-state index < -0.39 is 0 Å². The third-order valence-electron chi connectivity index (χ3n) is 2.72. The summed E-state index contributed by atoms with van der Waals surface area (Å²) in [7, 11) is 0. The normalized spacial score (nSPS) is 29.7. The molecule has 10 heavy (non-hydrogen) atoms. The van der Waals surface area contributed by atoms with Crippen LogP contribution < -0.4 is 5.32 Å². The molecule has 0 aromatic carbocycles. The number of hydrogen-bond donors (Lipinski definition) is 1. The van der Waals surface area contributed by atoms with Crippen molar-refractivity contribution in [3.8, 4) is 0 Å². The minimum Gasteiger partial charge on any atom is -0.378 e. The second-order valence-electron chi connectivity index (χ2n) is 3.59. The maximum atomic E-state index is 5.48. The van der Waals surface area contributed by atoms with Crippen LogP contribution in [0, 0.1) is 5.41 Å². The molecular weight excluding hydrogens is 126 g/mol. The molecule has 2 rings (SSSR count). The van der Waals surface area contributed by atoms with E-state index in [2.05, 4.69) is 12.2 Å². The zero-order chi connectivity index (χ0) is 7.03. The molecule has 2 aliphatic rings. The highest BCUT2D eigenvalue weighted by Crippen LogP contribution is 2.45. The molecule has 1 heterocycles. The van der Waals surface area contributed by atoms with E-state index in [0.29, 0.717) is 11.5 Å². The summed E-state index contributed by atoms with van der Waals surface area (Å²) in [4.78, 5) is 0. The number of rotatable bonds is 2. The van der Waals surface area contributed by atoms with E-state index in [0.717, 1.165) is 6.61 Å². The van der Waals surface area contributed by atoms with Crippen LogP contribution in [0.25, 0.3) is 0 Å². The van der Waals surface area contributed by atoms with Gasteiger partial charge in [-0.1, -0.05) is 0 Å². The minimum atomic E-state index is 0.590. The molecule has 1 aliphatic heterocycles. The predicted octanol–water partition coefficient (Wildman–Crippen LogP) is 0.775. The second-order valence-corrected chi connectivity index (χ2v) is 3.59. The van der Waals surface area contributed by atoms with Crippen molar-refractivity contribution in [2.24, 2.45) is 5.41 Å². The van der Waals surface area contributed by atoms with Gasteiger partial charge < -0.3 is 10.1 Å². The standard InChI is InChI=1S/C8H15NO/c1-2-10-7-3-8(4-7)5-9-6-8/h7,9H,2-6H2,1H3. The van der Waals surface area contributed by atoms with Gasteiger partial charge in [0, 0.05) is 25.1 Å². The van der Waals surface area contributed by atoms with E-state index in [4.69, 9.17) is 4.74 Å². The lowest BCUT2D eigenvalue weighted by Gasteiger charge is -2.53. The van der Waals surface area contributed by atoms with Crippen molar-refractivity contribution in [3.63, 3.8) is 0 Å². The fraction of sp³-hybridized carbons (Fsp3) is 1.00. The zero-order valence-electron chi connectivity index (χ0n) is 6.52. The largest absolute Gasteiger partial charge is 0.378 e. The van der Waals surface area contributed by atoms with Crippen LogP contribution in [0.2, 0.25) is 0 Å². The van der Waals surface area contributed by atoms with E-state index in [1.165, 1.54) is 25.9 Å².